The maximum atomic E-state index is 12.8. The van der Waals surface area contributed by atoms with Crippen LogP contribution in [0, 0.1) is 11.8 Å². The van der Waals surface area contributed by atoms with E-state index in [9.17, 15) is 9.59 Å². The Kier molecular flexibility index (Phi) is 5.04. The number of methoxy groups -OCH3 is 1. The number of esters is 1. The van der Waals surface area contributed by atoms with Gasteiger partial charge in [0.15, 0.2) is 5.78 Å². The molecule has 21 heavy (non-hydrogen) atoms. The summed E-state index contributed by atoms with van der Waals surface area (Å²) in [6.45, 7) is 7.38. The zero-order valence-corrected chi connectivity index (χ0v) is 13.6. The largest absolute Gasteiger partial charge is 0.463 e. The lowest BCUT2D eigenvalue weighted by Crippen LogP contribution is -2.71. The van der Waals surface area contributed by atoms with Crippen LogP contribution in [0.1, 0.15) is 40.0 Å². The van der Waals surface area contributed by atoms with Crippen molar-refractivity contribution < 1.29 is 19.1 Å². The molecule has 3 saturated heterocycles. The highest BCUT2D eigenvalue weighted by Crippen LogP contribution is 2.40. The van der Waals surface area contributed by atoms with Crippen LogP contribution in [0.15, 0.2) is 0 Å². The van der Waals surface area contributed by atoms with Crippen LogP contribution in [-0.4, -0.2) is 55.1 Å². The van der Waals surface area contributed by atoms with E-state index in [-0.39, 0.29) is 30.2 Å². The van der Waals surface area contributed by atoms with Crippen LogP contribution in [0.25, 0.3) is 0 Å². The molecule has 3 fully saturated rings. The number of piperidine rings is 3. The quantitative estimate of drug-likeness (QED) is 0.698. The average Bonchev–Trinajstić information content (AvgIpc) is 2.41. The van der Waals surface area contributed by atoms with E-state index >= 15 is 0 Å². The molecular formula is C16H27NO4. The fourth-order valence-corrected chi connectivity index (χ4v) is 3.75. The molecule has 0 N–H and O–H groups in total. The minimum absolute atomic E-state index is 0.0870. The average molecular weight is 297 g/mol. The van der Waals surface area contributed by atoms with E-state index in [1.54, 1.807) is 7.11 Å². The number of hydrogen-bond donors (Lipinski definition) is 0. The van der Waals surface area contributed by atoms with Crippen LogP contribution in [0.3, 0.4) is 0 Å². The summed E-state index contributed by atoms with van der Waals surface area (Å²) in [4.78, 5) is 26.8. The molecule has 0 aliphatic carbocycles. The highest BCUT2D eigenvalue weighted by molar-refractivity contribution is 5.93. The molecule has 4 unspecified atom stereocenters. The molecule has 0 aromatic rings. The molecule has 0 aromatic heterocycles. The molecule has 3 aliphatic rings. The van der Waals surface area contributed by atoms with Crippen LogP contribution in [0.4, 0.5) is 0 Å². The van der Waals surface area contributed by atoms with Crippen molar-refractivity contribution in [3.05, 3.63) is 0 Å². The lowest BCUT2D eigenvalue weighted by Gasteiger charge is -2.55. The van der Waals surface area contributed by atoms with E-state index in [0.717, 1.165) is 19.4 Å². The van der Waals surface area contributed by atoms with E-state index in [2.05, 4.69) is 11.8 Å². The Morgan fingerprint density at radius 1 is 1.43 bits per heavy atom. The lowest BCUT2D eigenvalue weighted by molar-refractivity contribution is -0.173. The Balaban J connectivity index is 2.12. The maximum Gasteiger partial charge on any atom is 0.306 e. The van der Waals surface area contributed by atoms with Gasteiger partial charge in [-0.05, 0) is 25.7 Å². The summed E-state index contributed by atoms with van der Waals surface area (Å²) < 4.78 is 10.8. The van der Waals surface area contributed by atoms with Crippen LogP contribution in [-0.2, 0) is 19.1 Å². The van der Waals surface area contributed by atoms with Gasteiger partial charge in [0.2, 0.25) is 0 Å². The number of fused-ring (bicyclic) bond motifs is 3. The molecule has 0 spiro atoms. The summed E-state index contributed by atoms with van der Waals surface area (Å²) in [6, 6.07) is 0.334. The summed E-state index contributed by atoms with van der Waals surface area (Å²) in [5.74, 6) is 0.298. The molecule has 0 amide bonds. The van der Waals surface area contributed by atoms with Gasteiger partial charge in [-0.15, -0.1) is 0 Å². The van der Waals surface area contributed by atoms with Crippen molar-refractivity contribution in [1.29, 1.82) is 0 Å². The molecule has 3 aliphatic heterocycles. The van der Waals surface area contributed by atoms with E-state index in [4.69, 9.17) is 9.47 Å². The van der Waals surface area contributed by atoms with E-state index < -0.39 is 5.54 Å². The molecule has 5 nitrogen and oxygen atoms in total. The van der Waals surface area contributed by atoms with Crippen molar-refractivity contribution in [3.63, 3.8) is 0 Å². The zero-order chi connectivity index (χ0) is 15.6. The number of hydrogen-bond acceptors (Lipinski definition) is 5. The summed E-state index contributed by atoms with van der Waals surface area (Å²) >= 11 is 0. The third-order valence-electron chi connectivity index (χ3n) is 4.69. The van der Waals surface area contributed by atoms with Gasteiger partial charge in [0.1, 0.15) is 12.1 Å². The normalized spacial score (nSPS) is 35.3. The van der Waals surface area contributed by atoms with Crippen LogP contribution in [0.2, 0.25) is 0 Å². The molecule has 3 rings (SSSR count). The predicted molar refractivity (Wildman–Crippen MR) is 78.9 cm³/mol. The van der Waals surface area contributed by atoms with Gasteiger partial charge in [-0.25, -0.2) is 0 Å². The van der Waals surface area contributed by atoms with Crippen LogP contribution >= 0.6 is 0 Å². The van der Waals surface area contributed by atoms with Gasteiger partial charge >= 0.3 is 5.97 Å². The monoisotopic (exact) mass is 297 g/mol. The Morgan fingerprint density at radius 2 is 2.14 bits per heavy atom. The van der Waals surface area contributed by atoms with E-state index in [1.165, 1.54) is 0 Å². The van der Waals surface area contributed by atoms with Gasteiger partial charge in [-0.3, -0.25) is 14.5 Å². The number of Topliss-reactive ketones (excluding diaryl/α,β-unsaturated/α-hetero) is 1. The van der Waals surface area contributed by atoms with Crippen LogP contribution in [0.5, 0.6) is 0 Å². The van der Waals surface area contributed by atoms with Crippen molar-refractivity contribution in [3.8, 4) is 0 Å². The van der Waals surface area contributed by atoms with Crippen molar-refractivity contribution in [1.82, 2.24) is 4.90 Å². The maximum absolute atomic E-state index is 12.8. The number of ketones is 1. The minimum atomic E-state index is -0.776. The van der Waals surface area contributed by atoms with Crippen molar-refractivity contribution in [2.75, 3.05) is 26.9 Å². The van der Waals surface area contributed by atoms with E-state index in [0.29, 0.717) is 19.1 Å². The predicted octanol–water partition coefficient (Wildman–Crippen LogP) is 1.64. The number of carbonyl (C=O) groups is 2. The molecule has 4 atom stereocenters. The smallest absolute Gasteiger partial charge is 0.306 e. The fourth-order valence-electron chi connectivity index (χ4n) is 3.75. The summed E-state index contributed by atoms with van der Waals surface area (Å²) in [5.41, 5.74) is -0.776. The molecule has 0 saturated carbocycles. The molecule has 3 heterocycles. The highest BCUT2D eigenvalue weighted by Gasteiger charge is 2.56. The summed E-state index contributed by atoms with van der Waals surface area (Å²) in [7, 11) is 1.60. The first-order valence-electron chi connectivity index (χ1n) is 7.86. The number of rotatable bonds is 6. The first kappa shape index (κ1) is 16.4. The van der Waals surface area contributed by atoms with Gasteiger partial charge in [0, 0.05) is 32.0 Å². The Morgan fingerprint density at radius 3 is 2.71 bits per heavy atom. The standard InChI is InChI=1S/C16H27NO4/c1-11(2)7-14(18)21-10-16(9-20-4)15(19)13-5-6-17(16)12(3)8-13/h11-13H,5-10H2,1-4H3. The fraction of sp³-hybridized carbons (Fsp3) is 0.875. The van der Waals surface area contributed by atoms with Crippen molar-refractivity contribution in [2.24, 2.45) is 11.8 Å². The Labute approximate surface area is 127 Å². The SMILES string of the molecule is COCC1(COC(=O)CC(C)C)C(=O)C2CCN1C(C)C2. The van der Waals surface area contributed by atoms with Gasteiger partial charge in [0.25, 0.3) is 0 Å². The molecule has 120 valence electrons. The zero-order valence-electron chi connectivity index (χ0n) is 13.6. The molecule has 0 radical (unpaired) electrons. The topological polar surface area (TPSA) is 55.8 Å². The van der Waals surface area contributed by atoms with Gasteiger partial charge in [0.05, 0.1) is 6.61 Å². The number of ether oxygens (including phenoxy) is 2. The van der Waals surface area contributed by atoms with Crippen LogP contribution < -0.4 is 0 Å². The molecular weight excluding hydrogens is 270 g/mol. The van der Waals surface area contributed by atoms with Gasteiger partial charge in [-0.2, -0.15) is 0 Å². The molecule has 0 aromatic carbocycles. The number of carbonyl (C=O) groups excluding carboxylic acids is 2. The second-order valence-corrected chi connectivity index (χ2v) is 6.85. The van der Waals surface area contributed by atoms with E-state index in [1.807, 2.05) is 13.8 Å². The van der Waals surface area contributed by atoms with Crippen molar-refractivity contribution >= 4 is 11.8 Å². The minimum Gasteiger partial charge on any atom is -0.463 e. The third kappa shape index (κ3) is 3.14. The Hall–Kier alpha value is -0.940. The number of nitrogens with zero attached hydrogens (tertiary/aromatic N) is 1. The second-order valence-electron chi connectivity index (χ2n) is 6.85. The van der Waals surface area contributed by atoms with Gasteiger partial charge < -0.3 is 9.47 Å². The highest BCUT2D eigenvalue weighted by atomic mass is 16.5. The first-order chi connectivity index (χ1) is 9.90. The summed E-state index contributed by atoms with van der Waals surface area (Å²) in [5, 5.41) is 0. The second kappa shape index (κ2) is 6.44. The lowest BCUT2D eigenvalue weighted by atomic mass is 9.71. The van der Waals surface area contributed by atoms with Gasteiger partial charge in [-0.1, -0.05) is 13.8 Å². The third-order valence-corrected chi connectivity index (χ3v) is 4.69. The van der Waals surface area contributed by atoms with Crippen molar-refractivity contribution in [2.45, 2.75) is 51.6 Å². The molecule has 2 bridgehead atoms. The summed E-state index contributed by atoms with van der Waals surface area (Å²) in [6.07, 6.45) is 2.20. The Bertz CT molecular complexity index is 409. The first-order valence-corrected chi connectivity index (χ1v) is 7.86. The molecule has 5 heteroatoms.